The number of rotatable bonds is 5. The lowest BCUT2D eigenvalue weighted by molar-refractivity contribution is -0.139. The Kier molecular flexibility index (Phi) is 5.76. The fourth-order valence-corrected chi connectivity index (χ4v) is 3.03. The molecule has 0 aliphatic carbocycles. The molecule has 1 aliphatic heterocycles. The molecule has 1 fully saturated rings. The summed E-state index contributed by atoms with van der Waals surface area (Å²) in [5.74, 6) is 0.464. The molecule has 1 saturated heterocycles. The topological polar surface area (TPSA) is 41.6 Å². The molecule has 1 aromatic carbocycles. The van der Waals surface area contributed by atoms with Crippen LogP contribution in [0.3, 0.4) is 0 Å². The predicted molar refractivity (Wildman–Crippen MR) is 84.1 cm³/mol. The Morgan fingerprint density at radius 1 is 1.38 bits per heavy atom. The van der Waals surface area contributed by atoms with Crippen molar-refractivity contribution in [3.8, 4) is 0 Å². The molecule has 0 spiro atoms. The highest BCUT2D eigenvalue weighted by Crippen LogP contribution is 2.17. The molecule has 0 bridgehead atoms. The van der Waals surface area contributed by atoms with Gasteiger partial charge in [0, 0.05) is 19.1 Å². The fraction of sp³-hybridized carbons (Fsp3) is 0.588. The Hall–Kier alpha value is -1.39. The number of carbonyl (C=O) groups excluding carboxylic acids is 1. The van der Waals surface area contributed by atoms with Crippen LogP contribution < -0.4 is 5.32 Å². The van der Waals surface area contributed by atoms with Crippen LogP contribution in [-0.4, -0.2) is 44.2 Å². The van der Waals surface area contributed by atoms with Crippen molar-refractivity contribution in [1.82, 2.24) is 10.2 Å². The van der Waals surface area contributed by atoms with Gasteiger partial charge in [-0.25, -0.2) is 0 Å². The van der Waals surface area contributed by atoms with Crippen molar-refractivity contribution in [2.45, 2.75) is 32.4 Å². The summed E-state index contributed by atoms with van der Waals surface area (Å²) in [6, 6.07) is 8.64. The summed E-state index contributed by atoms with van der Waals surface area (Å²) >= 11 is 0. The second-order valence-corrected chi connectivity index (χ2v) is 6.04. The van der Waals surface area contributed by atoms with Gasteiger partial charge in [0.25, 0.3) is 0 Å². The van der Waals surface area contributed by atoms with Gasteiger partial charge in [0.15, 0.2) is 0 Å². The lowest BCUT2D eigenvalue weighted by Gasteiger charge is -2.35. The quantitative estimate of drug-likeness (QED) is 0.840. The van der Waals surface area contributed by atoms with Crippen molar-refractivity contribution in [2.24, 2.45) is 5.92 Å². The Balaban J connectivity index is 1.95. The maximum atomic E-state index is 11.5. The van der Waals surface area contributed by atoms with Gasteiger partial charge in [-0.05, 0) is 37.1 Å². The predicted octanol–water partition coefficient (Wildman–Crippen LogP) is 1.83. The van der Waals surface area contributed by atoms with Crippen LogP contribution >= 0.6 is 0 Å². The normalized spacial score (nSPS) is 23.0. The molecule has 116 valence electrons. The highest BCUT2D eigenvalue weighted by Gasteiger charge is 2.23. The van der Waals surface area contributed by atoms with Gasteiger partial charge in [-0.3, -0.25) is 4.79 Å². The minimum Gasteiger partial charge on any atom is -0.469 e. The first-order chi connectivity index (χ1) is 10.1. The Morgan fingerprint density at radius 3 is 2.76 bits per heavy atom. The molecular formula is C17H26N2O2. The molecule has 2 unspecified atom stereocenters. The molecule has 21 heavy (non-hydrogen) atoms. The lowest BCUT2D eigenvalue weighted by Crippen LogP contribution is -2.46. The van der Waals surface area contributed by atoms with E-state index in [0.717, 1.165) is 25.2 Å². The zero-order chi connectivity index (χ0) is 15.2. The number of piperidine rings is 1. The minimum absolute atomic E-state index is 0.185. The van der Waals surface area contributed by atoms with Gasteiger partial charge in [0.05, 0.1) is 13.5 Å². The van der Waals surface area contributed by atoms with E-state index in [1.165, 1.54) is 19.1 Å². The third kappa shape index (κ3) is 4.55. The van der Waals surface area contributed by atoms with E-state index in [1.807, 2.05) is 18.2 Å². The molecule has 4 nitrogen and oxygen atoms in total. The number of ether oxygens (including phenoxy) is 1. The molecule has 1 heterocycles. The third-order valence-electron chi connectivity index (χ3n) is 4.34. The SMILES string of the molecule is COC(=O)Cc1ccccc1CNC1CCN(C)CC1C. The molecule has 1 aliphatic rings. The fourth-order valence-electron chi connectivity index (χ4n) is 3.03. The standard InChI is InChI=1S/C17H26N2O2/c1-13-12-19(2)9-8-16(13)18-11-15-7-5-4-6-14(15)10-17(20)21-3/h4-7,13,16,18H,8-12H2,1-3H3. The number of carbonyl (C=O) groups is 1. The number of likely N-dealkylation sites (tertiary alicyclic amines) is 1. The molecule has 0 saturated carbocycles. The average Bonchev–Trinajstić information content (AvgIpc) is 2.47. The highest BCUT2D eigenvalue weighted by molar-refractivity contribution is 5.72. The monoisotopic (exact) mass is 290 g/mol. The summed E-state index contributed by atoms with van der Waals surface area (Å²) in [6.45, 7) is 5.40. The van der Waals surface area contributed by atoms with E-state index >= 15 is 0 Å². The zero-order valence-electron chi connectivity index (χ0n) is 13.3. The molecule has 0 aromatic heterocycles. The van der Waals surface area contributed by atoms with E-state index < -0.39 is 0 Å². The Morgan fingerprint density at radius 2 is 2.10 bits per heavy atom. The average molecular weight is 290 g/mol. The summed E-state index contributed by atoms with van der Waals surface area (Å²) in [4.78, 5) is 13.9. The first kappa shape index (κ1) is 16.0. The van der Waals surface area contributed by atoms with Crippen LogP contribution in [-0.2, 0) is 22.5 Å². The van der Waals surface area contributed by atoms with Crippen LogP contribution in [0.2, 0.25) is 0 Å². The zero-order valence-corrected chi connectivity index (χ0v) is 13.3. The molecule has 1 N–H and O–H groups in total. The van der Waals surface area contributed by atoms with Gasteiger partial charge in [-0.2, -0.15) is 0 Å². The van der Waals surface area contributed by atoms with E-state index in [0.29, 0.717) is 18.4 Å². The number of hydrogen-bond acceptors (Lipinski definition) is 4. The maximum absolute atomic E-state index is 11.5. The Bertz CT molecular complexity index is 476. The second-order valence-electron chi connectivity index (χ2n) is 6.04. The van der Waals surface area contributed by atoms with Crippen LogP contribution in [0, 0.1) is 5.92 Å². The first-order valence-corrected chi connectivity index (χ1v) is 7.65. The molecule has 2 atom stereocenters. The highest BCUT2D eigenvalue weighted by atomic mass is 16.5. The van der Waals surface area contributed by atoms with Gasteiger partial charge in [-0.1, -0.05) is 31.2 Å². The van der Waals surface area contributed by atoms with Gasteiger partial charge in [0.2, 0.25) is 0 Å². The number of nitrogens with zero attached hydrogens (tertiary/aromatic N) is 1. The van der Waals surface area contributed by atoms with Gasteiger partial charge in [-0.15, -0.1) is 0 Å². The van der Waals surface area contributed by atoms with E-state index in [-0.39, 0.29) is 5.97 Å². The molecular weight excluding hydrogens is 264 g/mol. The number of benzene rings is 1. The van der Waals surface area contributed by atoms with E-state index in [4.69, 9.17) is 4.74 Å². The van der Waals surface area contributed by atoms with Gasteiger partial charge < -0.3 is 15.0 Å². The first-order valence-electron chi connectivity index (χ1n) is 7.65. The van der Waals surface area contributed by atoms with Crippen molar-refractivity contribution < 1.29 is 9.53 Å². The van der Waals surface area contributed by atoms with Crippen molar-refractivity contribution >= 4 is 5.97 Å². The summed E-state index contributed by atoms with van der Waals surface area (Å²) < 4.78 is 4.77. The van der Waals surface area contributed by atoms with Crippen LogP contribution in [0.25, 0.3) is 0 Å². The van der Waals surface area contributed by atoms with Crippen LogP contribution in [0.4, 0.5) is 0 Å². The Labute approximate surface area is 127 Å². The van der Waals surface area contributed by atoms with Crippen LogP contribution in [0.15, 0.2) is 24.3 Å². The summed E-state index contributed by atoms with van der Waals surface area (Å²) in [5, 5.41) is 3.66. The van der Waals surface area contributed by atoms with Crippen molar-refractivity contribution in [3.63, 3.8) is 0 Å². The number of methoxy groups -OCH3 is 1. The molecule has 0 radical (unpaired) electrons. The van der Waals surface area contributed by atoms with Crippen LogP contribution in [0.5, 0.6) is 0 Å². The number of nitrogens with one attached hydrogen (secondary N) is 1. The van der Waals surface area contributed by atoms with Crippen molar-refractivity contribution in [2.75, 3.05) is 27.2 Å². The minimum atomic E-state index is -0.185. The number of hydrogen-bond donors (Lipinski definition) is 1. The maximum Gasteiger partial charge on any atom is 0.309 e. The van der Waals surface area contributed by atoms with Crippen molar-refractivity contribution in [1.29, 1.82) is 0 Å². The molecule has 1 aromatic rings. The molecule has 4 heteroatoms. The van der Waals surface area contributed by atoms with E-state index in [1.54, 1.807) is 0 Å². The third-order valence-corrected chi connectivity index (χ3v) is 4.34. The van der Waals surface area contributed by atoms with Crippen LogP contribution in [0.1, 0.15) is 24.5 Å². The smallest absolute Gasteiger partial charge is 0.309 e. The largest absolute Gasteiger partial charge is 0.469 e. The number of esters is 1. The lowest BCUT2D eigenvalue weighted by atomic mass is 9.93. The van der Waals surface area contributed by atoms with Gasteiger partial charge in [0.1, 0.15) is 0 Å². The second kappa shape index (κ2) is 7.57. The van der Waals surface area contributed by atoms with E-state index in [2.05, 4.69) is 30.3 Å². The molecule has 2 rings (SSSR count). The van der Waals surface area contributed by atoms with Crippen molar-refractivity contribution in [3.05, 3.63) is 35.4 Å². The van der Waals surface area contributed by atoms with E-state index in [9.17, 15) is 4.79 Å². The summed E-state index contributed by atoms with van der Waals surface area (Å²) in [6.07, 6.45) is 1.52. The van der Waals surface area contributed by atoms with Gasteiger partial charge >= 0.3 is 5.97 Å². The summed E-state index contributed by atoms with van der Waals surface area (Å²) in [5.41, 5.74) is 2.24. The molecule has 0 amide bonds. The summed E-state index contributed by atoms with van der Waals surface area (Å²) in [7, 11) is 3.61.